The van der Waals surface area contributed by atoms with Crippen molar-refractivity contribution in [3.8, 4) is 0 Å². The predicted molar refractivity (Wildman–Crippen MR) is 78.8 cm³/mol. The van der Waals surface area contributed by atoms with Crippen LogP contribution in [0.4, 0.5) is 5.82 Å². The van der Waals surface area contributed by atoms with E-state index in [4.69, 9.17) is 16.3 Å². The first-order valence-corrected chi connectivity index (χ1v) is 6.93. The fraction of sp³-hybridized carbons (Fsp3) is 0.429. The molecule has 1 aromatic carbocycles. The number of unbranched alkanes of at least 4 members (excludes halogenated alkanes) is 1. The molecule has 0 bridgehead atoms. The number of aromatic nitrogens is 2. The summed E-state index contributed by atoms with van der Waals surface area (Å²) in [5.74, 6) is 0.759. The third-order valence-corrected chi connectivity index (χ3v) is 2.93. The standard InChI is InChI=1S/C14H18ClN3O/c1-2-3-9-19-10-8-16-13-11-6-4-5-7-12(11)17-14(15)18-13/h4-7H,2-3,8-10H2,1H3,(H,16,17,18). The van der Waals surface area contributed by atoms with Gasteiger partial charge in [0, 0.05) is 18.5 Å². The molecule has 0 saturated heterocycles. The van der Waals surface area contributed by atoms with Crippen molar-refractivity contribution in [3.63, 3.8) is 0 Å². The number of fused-ring (bicyclic) bond motifs is 1. The van der Waals surface area contributed by atoms with E-state index in [0.29, 0.717) is 13.2 Å². The molecule has 1 aromatic heterocycles. The van der Waals surface area contributed by atoms with Gasteiger partial charge in [0.25, 0.3) is 0 Å². The lowest BCUT2D eigenvalue weighted by atomic mass is 10.2. The summed E-state index contributed by atoms with van der Waals surface area (Å²) in [4.78, 5) is 8.41. The lowest BCUT2D eigenvalue weighted by Crippen LogP contribution is -2.11. The van der Waals surface area contributed by atoms with Gasteiger partial charge in [-0.2, -0.15) is 0 Å². The fourth-order valence-electron chi connectivity index (χ4n) is 1.77. The fourth-order valence-corrected chi connectivity index (χ4v) is 1.95. The van der Waals surface area contributed by atoms with E-state index in [1.54, 1.807) is 0 Å². The van der Waals surface area contributed by atoms with Crippen molar-refractivity contribution in [1.82, 2.24) is 9.97 Å². The number of benzene rings is 1. The number of hydrogen-bond acceptors (Lipinski definition) is 4. The quantitative estimate of drug-likeness (QED) is 0.622. The molecule has 2 aromatic rings. The van der Waals surface area contributed by atoms with E-state index in [1.165, 1.54) is 0 Å². The smallest absolute Gasteiger partial charge is 0.224 e. The van der Waals surface area contributed by atoms with Crippen LogP contribution in [0.1, 0.15) is 19.8 Å². The van der Waals surface area contributed by atoms with Crippen LogP contribution in [0, 0.1) is 0 Å². The lowest BCUT2D eigenvalue weighted by Gasteiger charge is -2.09. The first-order chi connectivity index (χ1) is 9.31. The second kappa shape index (κ2) is 7.26. The topological polar surface area (TPSA) is 47.0 Å². The van der Waals surface area contributed by atoms with E-state index in [2.05, 4.69) is 22.2 Å². The molecule has 0 saturated carbocycles. The van der Waals surface area contributed by atoms with Crippen molar-refractivity contribution < 1.29 is 4.74 Å². The highest BCUT2D eigenvalue weighted by Crippen LogP contribution is 2.21. The van der Waals surface area contributed by atoms with Crippen LogP contribution in [0.2, 0.25) is 5.28 Å². The van der Waals surface area contributed by atoms with Gasteiger partial charge in [-0.1, -0.05) is 25.5 Å². The molecule has 0 aliphatic rings. The maximum Gasteiger partial charge on any atom is 0.224 e. The maximum atomic E-state index is 5.91. The van der Waals surface area contributed by atoms with Crippen LogP contribution >= 0.6 is 11.6 Å². The zero-order valence-electron chi connectivity index (χ0n) is 11.0. The molecule has 5 heteroatoms. The Morgan fingerprint density at radius 3 is 2.89 bits per heavy atom. The molecule has 0 radical (unpaired) electrons. The summed E-state index contributed by atoms with van der Waals surface area (Å²) in [6, 6.07) is 7.80. The van der Waals surface area contributed by atoms with Crippen LogP contribution in [0.3, 0.4) is 0 Å². The molecule has 1 N–H and O–H groups in total. The number of halogens is 1. The third kappa shape index (κ3) is 4.04. The molecule has 0 fully saturated rings. The molecule has 0 aliphatic carbocycles. The van der Waals surface area contributed by atoms with E-state index < -0.39 is 0 Å². The van der Waals surface area contributed by atoms with Crippen molar-refractivity contribution in [1.29, 1.82) is 0 Å². The summed E-state index contributed by atoms with van der Waals surface area (Å²) in [5, 5.41) is 4.47. The second-order valence-corrected chi connectivity index (χ2v) is 4.59. The minimum Gasteiger partial charge on any atom is -0.380 e. The Balaban J connectivity index is 1.96. The van der Waals surface area contributed by atoms with Gasteiger partial charge in [0.2, 0.25) is 5.28 Å². The summed E-state index contributed by atoms with van der Waals surface area (Å²) in [6.45, 7) is 4.33. The van der Waals surface area contributed by atoms with Gasteiger partial charge in [0.05, 0.1) is 12.1 Å². The summed E-state index contributed by atoms with van der Waals surface area (Å²) in [6.07, 6.45) is 2.25. The number of nitrogens with zero attached hydrogens (tertiary/aromatic N) is 2. The summed E-state index contributed by atoms with van der Waals surface area (Å²) < 4.78 is 5.50. The Morgan fingerprint density at radius 1 is 1.21 bits per heavy atom. The van der Waals surface area contributed by atoms with Crippen LogP contribution < -0.4 is 5.32 Å². The Bertz CT molecular complexity index is 533. The van der Waals surface area contributed by atoms with E-state index in [9.17, 15) is 0 Å². The molecule has 1 heterocycles. The lowest BCUT2D eigenvalue weighted by molar-refractivity contribution is 0.141. The van der Waals surface area contributed by atoms with Crippen molar-refractivity contribution in [2.75, 3.05) is 25.1 Å². The number of para-hydroxylation sites is 1. The van der Waals surface area contributed by atoms with E-state index in [1.807, 2.05) is 24.3 Å². The molecule has 4 nitrogen and oxygen atoms in total. The van der Waals surface area contributed by atoms with Gasteiger partial charge < -0.3 is 10.1 Å². The van der Waals surface area contributed by atoms with Crippen molar-refractivity contribution in [2.45, 2.75) is 19.8 Å². The predicted octanol–water partition coefficient (Wildman–Crippen LogP) is 3.51. The Morgan fingerprint density at radius 2 is 2.05 bits per heavy atom. The monoisotopic (exact) mass is 279 g/mol. The molecule has 2 rings (SSSR count). The van der Waals surface area contributed by atoms with E-state index >= 15 is 0 Å². The van der Waals surface area contributed by atoms with Crippen molar-refractivity contribution in [3.05, 3.63) is 29.5 Å². The first-order valence-electron chi connectivity index (χ1n) is 6.55. The highest BCUT2D eigenvalue weighted by molar-refractivity contribution is 6.28. The SMILES string of the molecule is CCCCOCCNc1nc(Cl)nc2ccccc12. The molecule has 0 spiro atoms. The Hall–Kier alpha value is -1.39. The van der Waals surface area contributed by atoms with Crippen molar-refractivity contribution >= 4 is 28.3 Å². The zero-order valence-corrected chi connectivity index (χ0v) is 11.8. The number of hydrogen-bond donors (Lipinski definition) is 1. The van der Waals surface area contributed by atoms with Crippen LogP contribution in [-0.2, 0) is 4.74 Å². The normalized spacial score (nSPS) is 10.8. The van der Waals surface area contributed by atoms with E-state index in [-0.39, 0.29) is 5.28 Å². The first kappa shape index (κ1) is 14.0. The minimum absolute atomic E-state index is 0.258. The Labute approximate surface area is 118 Å². The van der Waals surface area contributed by atoms with Crippen LogP contribution in [0.15, 0.2) is 24.3 Å². The van der Waals surface area contributed by atoms with Crippen molar-refractivity contribution in [2.24, 2.45) is 0 Å². The van der Waals surface area contributed by atoms with Crippen LogP contribution in [-0.4, -0.2) is 29.7 Å². The molecule has 19 heavy (non-hydrogen) atoms. The number of anilines is 1. The second-order valence-electron chi connectivity index (χ2n) is 4.25. The van der Waals surface area contributed by atoms with Gasteiger partial charge in [-0.25, -0.2) is 9.97 Å². The molecular weight excluding hydrogens is 262 g/mol. The van der Waals surface area contributed by atoms with Gasteiger partial charge in [-0.05, 0) is 30.2 Å². The minimum atomic E-state index is 0.258. The molecule has 0 unspecified atom stereocenters. The van der Waals surface area contributed by atoms with Gasteiger partial charge in [0.15, 0.2) is 0 Å². The van der Waals surface area contributed by atoms with E-state index in [0.717, 1.165) is 36.2 Å². The summed E-state index contributed by atoms with van der Waals surface area (Å²) in [5.41, 5.74) is 0.844. The van der Waals surface area contributed by atoms with Gasteiger partial charge in [-0.3, -0.25) is 0 Å². The summed E-state index contributed by atoms with van der Waals surface area (Å²) in [7, 11) is 0. The van der Waals surface area contributed by atoms with Gasteiger partial charge >= 0.3 is 0 Å². The number of rotatable bonds is 7. The molecular formula is C14H18ClN3O. The van der Waals surface area contributed by atoms with Crippen LogP contribution in [0.5, 0.6) is 0 Å². The third-order valence-electron chi connectivity index (χ3n) is 2.76. The number of ether oxygens (including phenoxy) is 1. The van der Waals surface area contributed by atoms with Crippen LogP contribution in [0.25, 0.3) is 10.9 Å². The Kier molecular flexibility index (Phi) is 5.36. The molecule has 0 atom stereocenters. The largest absolute Gasteiger partial charge is 0.380 e. The maximum absolute atomic E-state index is 5.91. The number of nitrogens with one attached hydrogen (secondary N) is 1. The molecule has 0 aliphatic heterocycles. The van der Waals surface area contributed by atoms with Gasteiger partial charge in [0.1, 0.15) is 5.82 Å². The average Bonchev–Trinajstić information content (AvgIpc) is 2.42. The molecule has 102 valence electrons. The molecule has 0 amide bonds. The average molecular weight is 280 g/mol. The van der Waals surface area contributed by atoms with Gasteiger partial charge in [-0.15, -0.1) is 0 Å². The zero-order chi connectivity index (χ0) is 13.5. The summed E-state index contributed by atoms with van der Waals surface area (Å²) >= 11 is 5.91. The highest BCUT2D eigenvalue weighted by Gasteiger charge is 2.05. The highest BCUT2D eigenvalue weighted by atomic mass is 35.5.